The molecule has 0 saturated heterocycles. The third-order valence-corrected chi connectivity index (χ3v) is 0.946. The number of hydrogen-bond acceptors (Lipinski definition) is 1. The molecule has 0 fully saturated rings. The molecule has 0 amide bonds. The predicted octanol–water partition coefficient (Wildman–Crippen LogP) is 0.919. The number of hydrogen-bond donors (Lipinski definition) is 0. The molecule has 40 valence electrons. The first-order valence-electron chi connectivity index (χ1n) is 2.56. The van der Waals surface area contributed by atoms with Gasteiger partial charge in [-0.05, 0) is 13.8 Å². The van der Waals surface area contributed by atoms with E-state index in [2.05, 4.69) is 6.04 Å². The second-order valence-electron chi connectivity index (χ2n) is 1.30. The van der Waals surface area contributed by atoms with Crippen LogP contribution in [0.2, 0.25) is 0 Å². The van der Waals surface area contributed by atoms with Crippen LogP contribution in [-0.4, -0.2) is 18.0 Å². The topological polar surface area (TPSA) is 3.24 Å². The van der Waals surface area contributed by atoms with Gasteiger partial charge in [-0.3, -0.25) is 0 Å². The van der Waals surface area contributed by atoms with Crippen molar-refractivity contribution < 1.29 is 0 Å². The molecule has 0 atom stereocenters. The van der Waals surface area contributed by atoms with Crippen molar-refractivity contribution in [3.8, 4) is 12.5 Å². The van der Waals surface area contributed by atoms with Crippen LogP contribution in [0.5, 0.6) is 0 Å². The van der Waals surface area contributed by atoms with Crippen LogP contribution in [0, 0.1) is 12.5 Å². The first kappa shape index (κ1) is 6.36. The van der Waals surface area contributed by atoms with Gasteiger partial charge in [0.25, 0.3) is 0 Å². The molecule has 0 unspecified atom stereocenters. The van der Waals surface area contributed by atoms with Gasteiger partial charge in [0.05, 0.1) is 0 Å². The van der Waals surface area contributed by atoms with Gasteiger partial charge in [0, 0.05) is 19.1 Å². The van der Waals surface area contributed by atoms with Gasteiger partial charge in [-0.25, -0.2) is 0 Å². The van der Waals surface area contributed by atoms with E-state index in [1.54, 1.807) is 0 Å². The molecule has 0 saturated carbocycles. The van der Waals surface area contributed by atoms with Gasteiger partial charge < -0.3 is 4.90 Å². The zero-order valence-corrected chi connectivity index (χ0v) is 4.94. The van der Waals surface area contributed by atoms with E-state index in [9.17, 15) is 0 Å². The SMILES string of the molecule is C#CN(CC)CC. The van der Waals surface area contributed by atoms with Gasteiger partial charge in [0.1, 0.15) is 0 Å². The molecule has 0 aromatic rings. The van der Waals surface area contributed by atoms with Crippen LogP contribution in [0.15, 0.2) is 0 Å². The molecule has 7 heavy (non-hydrogen) atoms. The van der Waals surface area contributed by atoms with Crippen molar-refractivity contribution in [3.63, 3.8) is 0 Å². The first-order chi connectivity index (χ1) is 3.35. The average Bonchev–Trinajstić information content (AvgIpc) is 1.72. The van der Waals surface area contributed by atoms with E-state index >= 15 is 0 Å². The molecule has 0 aliphatic carbocycles. The molecule has 0 N–H and O–H groups in total. The summed E-state index contributed by atoms with van der Waals surface area (Å²) in [5.41, 5.74) is 0. The van der Waals surface area contributed by atoms with Crippen molar-refractivity contribution in [2.75, 3.05) is 13.1 Å². The van der Waals surface area contributed by atoms with Crippen molar-refractivity contribution in [2.45, 2.75) is 13.8 Å². The number of terminal acetylenes is 1. The lowest BCUT2D eigenvalue weighted by Gasteiger charge is -2.09. The molecule has 0 rings (SSSR count). The zero-order valence-electron chi connectivity index (χ0n) is 4.94. The predicted molar refractivity (Wildman–Crippen MR) is 31.8 cm³/mol. The highest BCUT2D eigenvalue weighted by molar-refractivity contribution is 4.82. The average molecular weight is 97.2 g/mol. The lowest BCUT2D eigenvalue weighted by Crippen LogP contribution is -2.15. The summed E-state index contributed by atoms with van der Waals surface area (Å²) in [4.78, 5) is 1.90. The Labute approximate surface area is 45.3 Å². The maximum atomic E-state index is 5.07. The summed E-state index contributed by atoms with van der Waals surface area (Å²) in [5.74, 6) is 0. The number of rotatable bonds is 2. The molecule has 0 bridgehead atoms. The summed E-state index contributed by atoms with van der Waals surface area (Å²) < 4.78 is 0. The molecule has 1 nitrogen and oxygen atoms in total. The Morgan fingerprint density at radius 2 is 1.86 bits per heavy atom. The van der Waals surface area contributed by atoms with Crippen molar-refractivity contribution in [1.29, 1.82) is 0 Å². The van der Waals surface area contributed by atoms with Crippen LogP contribution in [-0.2, 0) is 0 Å². The summed E-state index contributed by atoms with van der Waals surface area (Å²) >= 11 is 0. The molecule has 0 radical (unpaired) electrons. The minimum Gasteiger partial charge on any atom is -0.333 e. The normalized spacial score (nSPS) is 7.57. The molecule has 0 aromatic carbocycles. The van der Waals surface area contributed by atoms with E-state index < -0.39 is 0 Å². The van der Waals surface area contributed by atoms with E-state index in [-0.39, 0.29) is 0 Å². The molecular formula is C6H11N. The van der Waals surface area contributed by atoms with E-state index in [0.29, 0.717) is 0 Å². The number of nitrogens with zero attached hydrogens (tertiary/aromatic N) is 1. The van der Waals surface area contributed by atoms with E-state index in [4.69, 9.17) is 6.42 Å². The Balaban J connectivity index is 3.23. The second-order valence-corrected chi connectivity index (χ2v) is 1.30. The van der Waals surface area contributed by atoms with Crippen molar-refractivity contribution in [1.82, 2.24) is 4.90 Å². The minimum atomic E-state index is 0.951. The van der Waals surface area contributed by atoms with E-state index in [1.807, 2.05) is 18.7 Å². The molecule has 0 spiro atoms. The van der Waals surface area contributed by atoms with Gasteiger partial charge in [0.15, 0.2) is 0 Å². The zero-order chi connectivity index (χ0) is 5.70. The Hall–Kier alpha value is -0.640. The molecule has 0 aliphatic rings. The van der Waals surface area contributed by atoms with E-state index in [1.165, 1.54) is 0 Å². The van der Waals surface area contributed by atoms with Gasteiger partial charge in [-0.15, -0.1) is 0 Å². The van der Waals surface area contributed by atoms with Gasteiger partial charge in [-0.2, -0.15) is 0 Å². The Kier molecular flexibility index (Phi) is 3.22. The van der Waals surface area contributed by atoms with Crippen molar-refractivity contribution >= 4 is 0 Å². The highest BCUT2D eigenvalue weighted by Gasteiger charge is 1.84. The summed E-state index contributed by atoms with van der Waals surface area (Å²) in [7, 11) is 0. The highest BCUT2D eigenvalue weighted by atomic mass is 15.1. The monoisotopic (exact) mass is 97.1 g/mol. The van der Waals surface area contributed by atoms with Gasteiger partial charge in [0.2, 0.25) is 0 Å². The lowest BCUT2D eigenvalue weighted by molar-refractivity contribution is 0.445. The molecular weight excluding hydrogens is 86.1 g/mol. The third-order valence-electron chi connectivity index (χ3n) is 0.946. The smallest absolute Gasteiger partial charge is 0.0231 e. The Morgan fingerprint density at radius 3 is 1.86 bits per heavy atom. The van der Waals surface area contributed by atoms with Gasteiger partial charge >= 0.3 is 0 Å². The second kappa shape index (κ2) is 3.55. The van der Waals surface area contributed by atoms with Crippen LogP contribution in [0.4, 0.5) is 0 Å². The molecule has 0 aromatic heterocycles. The fraction of sp³-hybridized carbons (Fsp3) is 0.667. The quantitative estimate of drug-likeness (QED) is 0.366. The Morgan fingerprint density at radius 1 is 1.43 bits per heavy atom. The minimum absolute atomic E-state index is 0.951. The van der Waals surface area contributed by atoms with Crippen LogP contribution >= 0.6 is 0 Å². The van der Waals surface area contributed by atoms with Crippen molar-refractivity contribution in [2.24, 2.45) is 0 Å². The highest BCUT2D eigenvalue weighted by Crippen LogP contribution is 1.78. The lowest BCUT2D eigenvalue weighted by atomic mass is 10.6. The standard InChI is InChI=1S/C6H11N/c1-4-7(5-2)6-3/h1H,5-6H2,2-3H3. The maximum Gasteiger partial charge on any atom is 0.0231 e. The summed E-state index contributed by atoms with van der Waals surface area (Å²) in [6.45, 7) is 5.99. The van der Waals surface area contributed by atoms with Crippen LogP contribution in [0.25, 0.3) is 0 Å². The maximum absolute atomic E-state index is 5.07. The van der Waals surface area contributed by atoms with Crippen molar-refractivity contribution in [3.05, 3.63) is 0 Å². The van der Waals surface area contributed by atoms with Crippen LogP contribution < -0.4 is 0 Å². The van der Waals surface area contributed by atoms with Gasteiger partial charge in [-0.1, -0.05) is 6.42 Å². The fourth-order valence-corrected chi connectivity index (χ4v) is 0.406. The summed E-state index contributed by atoms with van der Waals surface area (Å²) in [5, 5.41) is 0. The summed E-state index contributed by atoms with van der Waals surface area (Å²) in [6, 6.07) is 2.53. The molecule has 0 heterocycles. The summed E-state index contributed by atoms with van der Waals surface area (Å²) in [6.07, 6.45) is 5.07. The molecule has 1 heteroatoms. The van der Waals surface area contributed by atoms with E-state index in [0.717, 1.165) is 13.1 Å². The Bertz CT molecular complexity index is 66.7. The van der Waals surface area contributed by atoms with Crippen LogP contribution in [0.3, 0.4) is 0 Å². The fourth-order valence-electron chi connectivity index (χ4n) is 0.406. The molecule has 0 aliphatic heterocycles. The third kappa shape index (κ3) is 2.11. The first-order valence-corrected chi connectivity index (χ1v) is 2.56. The van der Waals surface area contributed by atoms with Crippen LogP contribution in [0.1, 0.15) is 13.8 Å². The largest absolute Gasteiger partial charge is 0.333 e.